The maximum Gasteiger partial charge on any atom is 0.335 e. The van der Waals surface area contributed by atoms with Gasteiger partial charge in [0.1, 0.15) is 0 Å². The quantitative estimate of drug-likeness (QED) is 0.611. The predicted octanol–water partition coefficient (Wildman–Crippen LogP) is 0.429. The molecule has 0 heterocycles. The number of ether oxygens (including phenoxy) is 1. The first-order chi connectivity index (χ1) is 6.74. The molecular weight excluding hydrogens is 182 g/mol. The third kappa shape index (κ3) is 3.64. The van der Waals surface area contributed by atoms with E-state index in [0.717, 1.165) is 12.3 Å². The molecule has 4 nitrogen and oxygen atoms in total. The summed E-state index contributed by atoms with van der Waals surface area (Å²) in [7, 11) is 0. The van der Waals surface area contributed by atoms with Gasteiger partial charge in [-0.3, -0.25) is 0 Å². The molecule has 4 heteroatoms. The van der Waals surface area contributed by atoms with Gasteiger partial charge in [-0.05, 0) is 25.3 Å². The van der Waals surface area contributed by atoms with E-state index >= 15 is 0 Å². The van der Waals surface area contributed by atoms with E-state index < -0.39 is 12.1 Å². The number of esters is 1. The van der Waals surface area contributed by atoms with Gasteiger partial charge in [0.05, 0.1) is 6.61 Å². The largest absolute Gasteiger partial charge is 0.464 e. The molecule has 0 bridgehead atoms. The highest BCUT2D eigenvalue weighted by atomic mass is 16.5. The first-order valence-corrected chi connectivity index (χ1v) is 5.29. The van der Waals surface area contributed by atoms with Crippen LogP contribution in [-0.2, 0) is 9.53 Å². The van der Waals surface area contributed by atoms with Crippen LogP contribution in [0.25, 0.3) is 0 Å². The molecule has 3 N–H and O–H groups in total. The number of hydrogen-bond donors (Lipinski definition) is 2. The van der Waals surface area contributed by atoms with Crippen LogP contribution in [-0.4, -0.2) is 30.3 Å². The van der Waals surface area contributed by atoms with Crippen molar-refractivity contribution < 1.29 is 14.6 Å². The van der Waals surface area contributed by atoms with Crippen molar-refractivity contribution >= 4 is 5.97 Å². The Morgan fingerprint density at radius 2 is 2.29 bits per heavy atom. The Morgan fingerprint density at radius 3 is 2.79 bits per heavy atom. The highest BCUT2D eigenvalue weighted by Crippen LogP contribution is 2.29. The van der Waals surface area contributed by atoms with E-state index in [0.29, 0.717) is 13.2 Å². The average Bonchev–Trinajstić information content (AvgIpc) is 2.09. The highest BCUT2D eigenvalue weighted by Gasteiger charge is 2.19. The second-order valence-electron chi connectivity index (χ2n) is 3.85. The summed E-state index contributed by atoms with van der Waals surface area (Å²) in [5, 5.41) is 9.20. The lowest BCUT2D eigenvalue weighted by molar-refractivity contribution is -0.154. The van der Waals surface area contributed by atoms with E-state index in [9.17, 15) is 9.90 Å². The fourth-order valence-corrected chi connectivity index (χ4v) is 1.48. The number of carbonyl (C=O) groups is 1. The van der Waals surface area contributed by atoms with Gasteiger partial charge < -0.3 is 15.6 Å². The molecule has 0 aromatic rings. The fraction of sp³-hybridized carbons (Fsp3) is 0.900. The lowest BCUT2D eigenvalue weighted by atomic mass is 9.83. The number of aliphatic hydroxyl groups excluding tert-OH is 1. The Hall–Kier alpha value is -0.610. The Kier molecular flexibility index (Phi) is 4.90. The van der Waals surface area contributed by atoms with E-state index in [1.54, 1.807) is 0 Å². The van der Waals surface area contributed by atoms with Crippen LogP contribution in [0.5, 0.6) is 0 Å². The van der Waals surface area contributed by atoms with Crippen molar-refractivity contribution in [2.75, 3.05) is 13.2 Å². The van der Waals surface area contributed by atoms with E-state index in [1.807, 2.05) is 0 Å². The van der Waals surface area contributed by atoms with Crippen molar-refractivity contribution in [1.82, 2.24) is 0 Å². The Morgan fingerprint density at radius 1 is 1.57 bits per heavy atom. The van der Waals surface area contributed by atoms with Crippen molar-refractivity contribution in [3.8, 4) is 0 Å². The summed E-state index contributed by atoms with van der Waals surface area (Å²) in [6, 6.07) is 0. The minimum absolute atomic E-state index is 0.280. The summed E-state index contributed by atoms with van der Waals surface area (Å²) in [6.07, 6.45) is 3.98. The third-order valence-corrected chi connectivity index (χ3v) is 2.71. The van der Waals surface area contributed by atoms with Crippen molar-refractivity contribution in [2.45, 2.75) is 38.2 Å². The van der Waals surface area contributed by atoms with Crippen molar-refractivity contribution in [1.29, 1.82) is 0 Å². The molecule has 14 heavy (non-hydrogen) atoms. The molecule has 1 rings (SSSR count). The van der Waals surface area contributed by atoms with Crippen LogP contribution in [0, 0.1) is 5.92 Å². The molecule has 0 aromatic carbocycles. The molecule has 0 unspecified atom stereocenters. The standard InChI is InChI=1S/C10H19NO3/c11-6-4-9(12)10(13)14-7-5-8-2-1-3-8/h8-9,12H,1-7,11H2/t9-/m0/s1. The fourth-order valence-electron chi connectivity index (χ4n) is 1.48. The highest BCUT2D eigenvalue weighted by molar-refractivity contribution is 5.74. The van der Waals surface area contributed by atoms with Crippen LogP contribution in [0.15, 0.2) is 0 Å². The average molecular weight is 201 g/mol. The topological polar surface area (TPSA) is 72.5 Å². The minimum Gasteiger partial charge on any atom is -0.464 e. The second kappa shape index (κ2) is 5.98. The molecule has 0 spiro atoms. The molecule has 0 aromatic heterocycles. The summed E-state index contributed by atoms with van der Waals surface area (Å²) < 4.78 is 4.92. The van der Waals surface area contributed by atoms with E-state index in [-0.39, 0.29) is 6.42 Å². The number of carbonyl (C=O) groups excluding carboxylic acids is 1. The Bertz CT molecular complexity index is 180. The number of rotatable bonds is 6. The van der Waals surface area contributed by atoms with Crippen LogP contribution in [0.3, 0.4) is 0 Å². The summed E-state index contributed by atoms with van der Waals surface area (Å²) in [4.78, 5) is 11.1. The molecule has 1 aliphatic carbocycles. The summed E-state index contributed by atoms with van der Waals surface area (Å²) in [5.74, 6) is 0.198. The summed E-state index contributed by atoms with van der Waals surface area (Å²) in [5.41, 5.74) is 5.21. The number of hydrogen-bond acceptors (Lipinski definition) is 4. The normalized spacial score (nSPS) is 18.7. The predicted molar refractivity (Wildman–Crippen MR) is 52.6 cm³/mol. The smallest absolute Gasteiger partial charge is 0.335 e. The molecular formula is C10H19NO3. The van der Waals surface area contributed by atoms with Crippen molar-refractivity contribution in [3.05, 3.63) is 0 Å². The van der Waals surface area contributed by atoms with Gasteiger partial charge >= 0.3 is 5.97 Å². The van der Waals surface area contributed by atoms with Crippen LogP contribution < -0.4 is 5.73 Å². The Labute approximate surface area is 84.4 Å². The molecule has 1 atom stereocenters. The zero-order chi connectivity index (χ0) is 10.4. The number of aliphatic hydroxyl groups is 1. The first kappa shape index (κ1) is 11.5. The van der Waals surface area contributed by atoms with E-state index in [2.05, 4.69) is 0 Å². The third-order valence-electron chi connectivity index (χ3n) is 2.71. The molecule has 1 fully saturated rings. The number of nitrogens with two attached hydrogens (primary N) is 1. The van der Waals surface area contributed by atoms with Gasteiger partial charge in [0, 0.05) is 0 Å². The molecule has 1 saturated carbocycles. The van der Waals surface area contributed by atoms with Gasteiger partial charge in [0.15, 0.2) is 6.10 Å². The van der Waals surface area contributed by atoms with Gasteiger partial charge in [0.2, 0.25) is 0 Å². The van der Waals surface area contributed by atoms with Gasteiger partial charge in [0.25, 0.3) is 0 Å². The van der Waals surface area contributed by atoms with Gasteiger partial charge in [-0.1, -0.05) is 19.3 Å². The van der Waals surface area contributed by atoms with E-state index in [4.69, 9.17) is 10.5 Å². The Balaban J connectivity index is 2.01. The van der Waals surface area contributed by atoms with Crippen LogP contribution >= 0.6 is 0 Å². The zero-order valence-electron chi connectivity index (χ0n) is 8.45. The monoisotopic (exact) mass is 201 g/mol. The lowest BCUT2D eigenvalue weighted by Crippen LogP contribution is -2.27. The van der Waals surface area contributed by atoms with Crippen LogP contribution in [0.4, 0.5) is 0 Å². The van der Waals surface area contributed by atoms with Crippen LogP contribution in [0.1, 0.15) is 32.1 Å². The SMILES string of the molecule is NCC[C@H](O)C(=O)OCCC1CCC1. The zero-order valence-corrected chi connectivity index (χ0v) is 8.45. The summed E-state index contributed by atoms with van der Waals surface area (Å²) >= 11 is 0. The molecule has 0 aliphatic heterocycles. The molecule has 0 radical (unpaired) electrons. The van der Waals surface area contributed by atoms with E-state index in [1.165, 1.54) is 19.3 Å². The van der Waals surface area contributed by atoms with Gasteiger partial charge in [-0.15, -0.1) is 0 Å². The summed E-state index contributed by atoms with van der Waals surface area (Å²) in [6.45, 7) is 0.740. The maximum atomic E-state index is 11.1. The molecule has 0 amide bonds. The van der Waals surface area contributed by atoms with Crippen molar-refractivity contribution in [3.63, 3.8) is 0 Å². The van der Waals surface area contributed by atoms with Gasteiger partial charge in [-0.25, -0.2) is 4.79 Å². The van der Waals surface area contributed by atoms with Crippen molar-refractivity contribution in [2.24, 2.45) is 11.7 Å². The minimum atomic E-state index is -1.04. The van der Waals surface area contributed by atoms with Crippen LogP contribution in [0.2, 0.25) is 0 Å². The second-order valence-corrected chi connectivity index (χ2v) is 3.85. The van der Waals surface area contributed by atoms with Gasteiger partial charge in [-0.2, -0.15) is 0 Å². The maximum absolute atomic E-state index is 11.1. The molecule has 0 saturated heterocycles. The lowest BCUT2D eigenvalue weighted by Gasteiger charge is -2.24. The first-order valence-electron chi connectivity index (χ1n) is 5.29. The molecule has 1 aliphatic rings. The molecule has 82 valence electrons.